The zero-order valence-electron chi connectivity index (χ0n) is 17.0. The summed E-state index contributed by atoms with van der Waals surface area (Å²) in [6.45, 7) is 1.86. The Balaban J connectivity index is 1.46. The second-order valence-corrected chi connectivity index (χ2v) is 10.1. The van der Waals surface area contributed by atoms with Gasteiger partial charge in [0.2, 0.25) is 21.9 Å². The summed E-state index contributed by atoms with van der Waals surface area (Å²) in [4.78, 5) is 32.1. The molecule has 9 heteroatoms. The number of para-hydroxylation sites is 1. The Hall–Kier alpha value is -2.81. The van der Waals surface area contributed by atoms with Gasteiger partial charge in [-0.15, -0.1) is 0 Å². The van der Waals surface area contributed by atoms with E-state index in [2.05, 4.69) is 15.3 Å². The number of anilines is 2. The number of benzene rings is 1. The minimum Gasteiger partial charge on any atom is -0.294 e. The van der Waals surface area contributed by atoms with Crippen molar-refractivity contribution in [1.82, 2.24) is 9.97 Å². The zero-order valence-corrected chi connectivity index (χ0v) is 17.8. The number of aromatic nitrogens is 2. The summed E-state index contributed by atoms with van der Waals surface area (Å²) in [6, 6.07) is 7.65. The monoisotopic (exact) mass is 428 g/mol. The second-order valence-electron chi connectivity index (χ2n) is 8.18. The van der Waals surface area contributed by atoms with Crippen LogP contribution in [0.3, 0.4) is 0 Å². The van der Waals surface area contributed by atoms with Crippen molar-refractivity contribution < 1.29 is 18.0 Å². The quantitative estimate of drug-likeness (QED) is 0.750. The predicted molar refractivity (Wildman–Crippen MR) is 113 cm³/mol. The van der Waals surface area contributed by atoms with Crippen LogP contribution in [-0.2, 0) is 20.2 Å². The van der Waals surface area contributed by atoms with E-state index in [9.17, 15) is 18.0 Å². The molecule has 0 bridgehead atoms. The summed E-state index contributed by atoms with van der Waals surface area (Å²) < 4.78 is 26.1. The maximum Gasteiger partial charge on any atom is 0.232 e. The van der Waals surface area contributed by atoms with Gasteiger partial charge < -0.3 is 0 Å². The van der Waals surface area contributed by atoms with Gasteiger partial charge in [0.25, 0.3) is 0 Å². The standard InChI is InChI=1S/C21H24N4O4S/c1-14(26)16-11-22-20(23-12-16)24-19(27)15-7-9-21(10-8-15)13-25(30(2,28)29)18-6-4-3-5-17(18)21/h3-6,11-12,15H,7-10,13H2,1-2H3,(H,22,23,24,27). The van der Waals surface area contributed by atoms with Crippen LogP contribution in [0.15, 0.2) is 36.7 Å². The topological polar surface area (TPSA) is 109 Å². The van der Waals surface area contributed by atoms with Crippen molar-refractivity contribution in [1.29, 1.82) is 0 Å². The molecule has 1 N–H and O–H groups in total. The highest BCUT2D eigenvalue weighted by Gasteiger charge is 2.47. The first kappa shape index (κ1) is 20.5. The van der Waals surface area contributed by atoms with Gasteiger partial charge in [0, 0.05) is 30.3 Å². The lowest BCUT2D eigenvalue weighted by Crippen LogP contribution is -2.41. The number of ketones is 1. The Kier molecular flexibility index (Phi) is 5.09. The van der Waals surface area contributed by atoms with E-state index in [1.807, 2.05) is 24.3 Å². The fraction of sp³-hybridized carbons (Fsp3) is 0.429. The van der Waals surface area contributed by atoms with E-state index in [0.717, 1.165) is 24.1 Å². The average Bonchev–Trinajstić information content (AvgIpc) is 3.04. The van der Waals surface area contributed by atoms with Crippen LogP contribution in [0, 0.1) is 5.92 Å². The van der Waals surface area contributed by atoms with Gasteiger partial charge in [-0.25, -0.2) is 18.4 Å². The SMILES string of the molecule is CC(=O)c1cnc(NC(=O)C2CCC3(CC2)CN(S(C)(=O)=O)c2ccccc23)nc1. The predicted octanol–water partition coefficient (Wildman–Crippen LogP) is 2.53. The lowest BCUT2D eigenvalue weighted by Gasteiger charge is -2.37. The van der Waals surface area contributed by atoms with E-state index in [1.165, 1.54) is 29.9 Å². The molecule has 1 aromatic heterocycles. The van der Waals surface area contributed by atoms with Crippen molar-refractivity contribution in [3.63, 3.8) is 0 Å². The number of rotatable bonds is 4. The minimum absolute atomic E-state index is 0.134. The van der Waals surface area contributed by atoms with Crippen LogP contribution in [0.25, 0.3) is 0 Å². The van der Waals surface area contributed by atoms with E-state index >= 15 is 0 Å². The van der Waals surface area contributed by atoms with Crippen LogP contribution in [0.1, 0.15) is 48.5 Å². The van der Waals surface area contributed by atoms with Crippen LogP contribution in [0.2, 0.25) is 0 Å². The largest absolute Gasteiger partial charge is 0.294 e. The van der Waals surface area contributed by atoms with Gasteiger partial charge in [-0.05, 0) is 44.2 Å². The molecule has 1 saturated carbocycles. The molecule has 2 heterocycles. The summed E-state index contributed by atoms with van der Waals surface area (Å²) >= 11 is 0. The molecule has 4 rings (SSSR count). The van der Waals surface area contributed by atoms with Crippen LogP contribution < -0.4 is 9.62 Å². The van der Waals surface area contributed by atoms with Gasteiger partial charge in [-0.2, -0.15) is 0 Å². The molecular formula is C21H24N4O4S. The van der Waals surface area contributed by atoms with Gasteiger partial charge in [-0.1, -0.05) is 18.2 Å². The molecule has 2 aliphatic rings. The molecule has 1 aromatic carbocycles. The Morgan fingerprint density at radius 2 is 1.77 bits per heavy atom. The highest BCUT2D eigenvalue weighted by molar-refractivity contribution is 7.92. The number of carbonyl (C=O) groups is 2. The lowest BCUT2D eigenvalue weighted by molar-refractivity contribution is -0.121. The first-order chi connectivity index (χ1) is 14.2. The number of sulfonamides is 1. The minimum atomic E-state index is -3.36. The fourth-order valence-electron chi connectivity index (χ4n) is 4.53. The number of carbonyl (C=O) groups excluding carboxylic acids is 2. The van der Waals surface area contributed by atoms with Crippen LogP contribution in [0.5, 0.6) is 0 Å². The van der Waals surface area contributed by atoms with Crippen molar-refractivity contribution in [2.24, 2.45) is 5.92 Å². The van der Waals surface area contributed by atoms with E-state index in [-0.39, 0.29) is 29.0 Å². The highest BCUT2D eigenvalue weighted by atomic mass is 32.2. The normalized spacial score (nSPS) is 23.3. The molecule has 1 aliphatic carbocycles. The molecule has 1 spiro atoms. The van der Waals surface area contributed by atoms with Gasteiger partial charge >= 0.3 is 0 Å². The average molecular weight is 429 g/mol. The number of amides is 1. The van der Waals surface area contributed by atoms with Gasteiger partial charge in [0.05, 0.1) is 17.5 Å². The third-order valence-corrected chi connectivity index (χ3v) is 7.32. The molecule has 158 valence electrons. The molecule has 30 heavy (non-hydrogen) atoms. The molecule has 1 fully saturated rings. The summed E-state index contributed by atoms with van der Waals surface area (Å²) in [6.07, 6.45) is 6.81. The third-order valence-electron chi connectivity index (χ3n) is 6.20. The van der Waals surface area contributed by atoms with Gasteiger partial charge in [0.1, 0.15) is 0 Å². The highest BCUT2D eigenvalue weighted by Crippen LogP contribution is 2.50. The van der Waals surface area contributed by atoms with Crippen molar-refractivity contribution in [3.8, 4) is 0 Å². The van der Waals surface area contributed by atoms with Crippen molar-refractivity contribution in [3.05, 3.63) is 47.8 Å². The maximum atomic E-state index is 12.7. The van der Waals surface area contributed by atoms with E-state index < -0.39 is 10.0 Å². The Morgan fingerprint density at radius 1 is 1.13 bits per heavy atom. The fourth-order valence-corrected chi connectivity index (χ4v) is 5.53. The second kappa shape index (κ2) is 7.46. The number of fused-ring (bicyclic) bond motifs is 2. The number of hydrogen-bond donors (Lipinski definition) is 1. The Morgan fingerprint density at radius 3 is 2.37 bits per heavy atom. The van der Waals surface area contributed by atoms with Crippen LogP contribution in [-0.4, -0.2) is 42.9 Å². The lowest BCUT2D eigenvalue weighted by atomic mass is 9.67. The van der Waals surface area contributed by atoms with Gasteiger partial charge in [0.15, 0.2) is 5.78 Å². The number of hydrogen-bond acceptors (Lipinski definition) is 6. The third kappa shape index (κ3) is 3.69. The van der Waals surface area contributed by atoms with E-state index in [4.69, 9.17) is 0 Å². The molecule has 0 atom stereocenters. The maximum absolute atomic E-state index is 12.7. The molecule has 1 aliphatic heterocycles. The van der Waals surface area contributed by atoms with Gasteiger partial charge in [-0.3, -0.25) is 19.2 Å². The first-order valence-corrected chi connectivity index (χ1v) is 11.8. The molecule has 8 nitrogen and oxygen atoms in total. The van der Waals surface area contributed by atoms with Crippen molar-refractivity contribution in [2.75, 3.05) is 22.4 Å². The summed E-state index contributed by atoms with van der Waals surface area (Å²) in [5, 5.41) is 2.73. The van der Waals surface area contributed by atoms with Crippen LogP contribution in [0.4, 0.5) is 11.6 Å². The number of nitrogens with zero attached hydrogens (tertiary/aromatic N) is 3. The summed E-state index contributed by atoms with van der Waals surface area (Å²) in [7, 11) is -3.36. The summed E-state index contributed by atoms with van der Waals surface area (Å²) in [5.74, 6) is -0.289. The van der Waals surface area contributed by atoms with E-state index in [0.29, 0.717) is 24.9 Å². The molecule has 0 radical (unpaired) electrons. The number of nitrogens with one attached hydrogen (secondary N) is 1. The van der Waals surface area contributed by atoms with Crippen molar-refractivity contribution in [2.45, 2.75) is 38.0 Å². The Bertz CT molecular complexity index is 1090. The van der Waals surface area contributed by atoms with Crippen LogP contribution >= 0.6 is 0 Å². The number of Topliss-reactive ketones (excluding diaryl/α,β-unsaturated/α-hetero) is 1. The van der Waals surface area contributed by atoms with E-state index in [1.54, 1.807) is 0 Å². The summed E-state index contributed by atoms with van der Waals surface area (Å²) in [5.41, 5.74) is 1.94. The van der Waals surface area contributed by atoms with Crippen molar-refractivity contribution >= 4 is 33.3 Å². The first-order valence-electron chi connectivity index (χ1n) is 9.91. The molecule has 0 saturated heterocycles. The zero-order chi connectivity index (χ0) is 21.5. The molecule has 2 aromatic rings. The molecule has 1 amide bonds. The molecular weight excluding hydrogens is 404 g/mol. The smallest absolute Gasteiger partial charge is 0.232 e. The molecule has 0 unspecified atom stereocenters. The Labute approximate surface area is 175 Å².